The Hall–Kier alpha value is -0.610. The van der Waals surface area contributed by atoms with Crippen LogP contribution in [0.5, 0.6) is 0 Å². The minimum atomic E-state index is -0.0755. The molecule has 0 spiro atoms. The molecule has 2 saturated carbocycles. The van der Waals surface area contributed by atoms with Gasteiger partial charge in [-0.15, -0.1) is 0 Å². The molecule has 2 fully saturated rings. The standard InChI is InChI=1S/C33H62O4/c1-2-3-4-5-6-7-8-9-10-11-12-13-14-18-21-33(34)37-29-27-35-26-28-36-32-24-22-31(23-25-32)30-19-16-15-17-20-30/h30-32H,2-29H2,1H3. The first-order chi connectivity index (χ1) is 18.3. The maximum atomic E-state index is 11.9. The molecule has 4 heteroatoms. The summed E-state index contributed by atoms with van der Waals surface area (Å²) in [5.41, 5.74) is 0. The lowest BCUT2D eigenvalue weighted by Gasteiger charge is -2.35. The van der Waals surface area contributed by atoms with Crippen molar-refractivity contribution in [2.45, 2.75) is 167 Å². The summed E-state index contributed by atoms with van der Waals surface area (Å²) in [6.07, 6.45) is 32.0. The highest BCUT2D eigenvalue weighted by molar-refractivity contribution is 5.69. The molecule has 218 valence electrons. The first-order valence-electron chi connectivity index (χ1n) is 16.6. The Kier molecular flexibility index (Phi) is 20.5. The molecule has 0 radical (unpaired) electrons. The summed E-state index contributed by atoms with van der Waals surface area (Å²) in [6, 6.07) is 0. The van der Waals surface area contributed by atoms with Gasteiger partial charge in [0.2, 0.25) is 0 Å². The number of carbonyl (C=O) groups is 1. The van der Waals surface area contributed by atoms with Crippen LogP contribution in [0.2, 0.25) is 0 Å². The first kappa shape index (κ1) is 32.6. The summed E-state index contributed by atoms with van der Waals surface area (Å²) in [7, 11) is 0. The van der Waals surface area contributed by atoms with E-state index in [0.29, 0.717) is 39.0 Å². The molecule has 0 aromatic heterocycles. The lowest BCUT2D eigenvalue weighted by Crippen LogP contribution is -2.28. The number of esters is 1. The molecule has 2 aliphatic carbocycles. The van der Waals surface area contributed by atoms with Crippen molar-refractivity contribution in [2.75, 3.05) is 26.4 Å². The summed E-state index contributed by atoms with van der Waals surface area (Å²) >= 11 is 0. The molecule has 0 N–H and O–H groups in total. The van der Waals surface area contributed by atoms with Crippen LogP contribution in [0.3, 0.4) is 0 Å². The average molecular weight is 523 g/mol. The van der Waals surface area contributed by atoms with E-state index in [0.717, 1.165) is 24.7 Å². The topological polar surface area (TPSA) is 44.8 Å². The van der Waals surface area contributed by atoms with E-state index in [1.165, 1.54) is 135 Å². The highest BCUT2D eigenvalue weighted by Crippen LogP contribution is 2.38. The van der Waals surface area contributed by atoms with Crippen LogP contribution in [-0.2, 0) is 19.0 Å². The lowest BCUT2D eigenvalue weighted by molar-refractivity contribution is -0.145. The van der Waals surface area contributed by atoms with E-state index in [1.807, 2.05) is 0 Å². The van der Waals surface area contributed by atoms with E-state index >= 15 is 0 Å². The SMILES string of the molecule is CCCCCCCCCCCCCCCCC(=O)OCCOCCOC1CCC(C2CCCCC2)CC1. The average Bonchev–Trinajstić information content (AvgIpc) is 2.93. The van der Waals surface area contributed by atoms with Gasteiger partial charge in [-0.3, -0.25) is 4.79 Å². The van der Waals surface area contributed by atoms with Crippen molar-refractivity contribution in [3.63, 3.8) is 0 Å². The summed E-state index contributed by atoms with van der Waals surface area (Å²) in [4.78, 5) is 11.9. The highest BCUT2D eigenvalue weighted by atomic mass is 16.6. The van der Waals surface area contributed by atoms with Gasteiger partial charge in [-0.05, 0) is 43.9 Å². The van der Waals surface area contributed by atoms with Gasteiger partial charge >= 0.3 is 5.97 Å². The van der Waals surface area contributed by atoms with Crippen LogP contribution < -0.4 is 0 Å². The minimum Gasteiger partial charge on any atom is -0.463 e. The number of unbranched alkanes of at least 4 members (excludes halogenated alkanes) is 13. The number of hydrogen-bond acceptors (Lipinski definition) is 4. The van der Waals surface area contributed by atoms with Crippen molar-refractivity contribution in [3.05, 3.63) is 0 Å². The molecule has 0 amide bonds. The van der Waals surface area contributed by atoms with Crippen LogP contribution in [0.1, 0.15) is 161 Å². The Balaban J connectivity index is 1.26. The molecule has 2 rings (SSSR count). The molecule has 0 heterocycles. The fourth-order valence-corrected chi connectivity index (χ4v) is 6.46. The van der Waals surface area contributed by atoms with Crippen molar-refractivity contribution in [2.24, 2.45) is 11.8 Å². The van der Waals surface area contributed by atoms with E-state index < -0.39 is 0 Å². The zero-order valence-corrected chi connectivity index (χ0v) is 24.7. The highest BCUT2D eigenvalue weighted by Gasteiger charge is 2.28. The summed E-state index contributed by atoms with van der Waals surface area (Å²) in [5, 5.41) is 0. The predicted molar refractivity (Wildman–Crippen MR) is 155 cm³/mol. The maximum Gasteiger partial charge on any atom is 0.305 e. The zero-order chi connectivity index (χ0) is 26.2. The zero-order valence-electron chi connectivity index (χ0n) is 24.7. The molecule has 0 aromatic rings. The van der Waals surface area contributed by atoms with Gasteiger partial charge in [0.05, 0.1) is 25.9 Å². The smallest absolute Gasteiger partial charge is 0.305 e. The second kappa shape index (κ2) is 23.3. The fourth-order valence-electron chi connectivity index (χ4n) is 6.46. The fraction of sp³-hybridized carbons (Fsp3) is 0.970. The monoisotopic (exact) mass is 522 g/mol. The van der Waals surface area contributed by atoms with Gasteiger partial charge < -0.3 is 14.2 Å². The van der Waals surface area contributed by atoms with E-state index in [9.17, 15) is 4.79 Å². The third kappa shape index (κ3) is 17.6. The molecular formula is C33H62O4. The first-order valence-corrected chi connectivity index (χ1v) is 16.6. The molecule has 4 nitrogen and oxygen atoms in total. The molecule has 0 unspecified atom stereocenters. The number of hydrogen-bond donors (Lipinski definition) is 0. The molecule has 2 aliphatic rings. The third-order valence-corrected chi connectivity index (χ3v) is 8.84. The van der Waals surface area contributed by atoms with Crippen molar-refractivity contribution < 1.29 is 19.0 Å². The Bertz CT molecular complexity index is 508. The molecule has 0 saturated heterocycles. The van der Waals surface area contributed by atoms with E-state index in [1.54, 1.807) is 0 Å². The summed E-state index contributed by atoms with van der Waals surface area (Å²) in [6.45, 7) is 4.37. The predicted octanol–water partition coefficient (Wildman–Crippen LogP) is 9.57. The van der Waals surface area contributed by atoms with Crippen LogP contribution in [0.25, 0.3) is 0 Å². The molecule has 37 heavy (non-hydrogen) atoms. The quantitative estimate of drug-likeness (QED) is 0.0989. The van der Waals surface area contributed by atoms with Gasteiger partial charge in [0.25, 0.3) is 0 Å². The second-order valence-corrected chi connectivity index (χ2v) is 12.0. The number of rotatable bonds is 23. The second-order valence-electron chi connectivity index (χ2n) is 12.0. The Morgan fingerprint density at radius 1 is 0.568 bits per heavy atom. The Labute approximate surface area is 230 Å². The van der Waals surface area contributed by atoms with Crippen LogP contribution in [0.4, 0.5) is 0 Å². The Morgan fingerprint density at radius 2 is 1.08 bits per heavy atom. The van der Waals surface area contributed by atoms with Crippen LogP contribution >= 0.6 is 0 Å². The Morgan fingerprint density at radius 3 is 1.68 bits per heavy atom. The molecule has 0 atom stereocenters. The third-order valence-electron chi connectivity index (χ3n) is 8.84. The largest absolute Gasteiger partial charge is 0.463 e. The maximum absolute atomic E-state index is 11.9. The summed E-state index contributed by atoms with van der Waals surface area (Å²) < 4.78 is 17.0. The number of carbonyl (C=O) groups excluding carboxylic acids is 1. The summed E-state index contributed by atoms with van der Waals surface area (Å²) in [5.74, 6) is 1.87. The van der Waals surface area contributed by atoms with Gasteiger partial charge in [-0.2, -0.15) is 0 Å². The van der Waals surface area contributed by atoms with Gasteiger partial charge in [0, 0.05) is 6.42 Å². The van der Waals surface area contributed by atoms with Gasteiger partial charge in [-0.25, -0.2) is 0 Å². The van der Waals surface area contributed by atoms with Gasteiger partial charge in [0.1, 0.15) is 6.61 Å². The van der Waals surface area contributed by atoms with Gasteiger partial charge in [-0.1, -0.05) is 122 Å². The van der Waals surface area contributed by atoms with Crippen molar-refractivity contribution in [3.8, 4) is 0 Å². The molecule has 0 aromatic carbocycles. The van der Waals surface area contributed by atoms with Crippen molar-refractivity contribution in [1.82, 2.24) is 0 Å². The molecule has 0 aliphatic heterocycles. The number of ether oxygens (including phenoxy) is 3. The van der Waals surface area contributed by atoms with Crippen LogP contribution in [0, 0.1) is 11.8 Å². The van der Waals surface area contributed by atoms with E-state index in [2.05, 4.69) is 6.92 Å². The minimum absolute atomic E-state index is 0.0755. The van der Waals surface area contributed by atoms with E-state index in [-0.39, 0.29) is 5.97 Å². The molecule has 0 bridgehead atoms. The van der Waals surface area contributed by atoms with Crippen molar-refractivity contribution in [1.29, 1.82) is 0 Å². The van der Waals surface area contributed by atoms with Crippen LogP contribution in [0.15, 0.2) is 0 Å². The van der Waals surface area contributed by atoms with E-state index in [4.69, 9.17) is 14.2 Å². The lowest BCUT2D eigenvalue weighted by atomic mass is 9.73. The van der Waals surface area contributed by atoms with Crippen molar-refractivity contribution >= 4 is 5.97 Å². The normalized spacial score (nSPS) is 20.8. The van der Waals surface area contributed by atoms with Crippen LogP contribution in [-0.4, -0.2) is 38.5 Å². The molecular weight excluding hydrogens is 460 g/mol. The van der Waals surface area contributed by atoms with Gasteiger partial charge in [0.15, 0.2) is 0 Å².